The molecule has 6 nitrogen and oxygen atoms in total. The zero-order chi connectivity index (χ0) is 21.9. The van der Waals surface area contributed by atoms with Gasteiger partial charge in [0.05, 0.1) is 20.7 Å². The number of nitriles is 1. The molecule has 2 aromatic heterocycles. The van der Waals surface area contributed by atoms with Crippen LogP contribution in [0.3, 0.4) is 0 Å². The van der Waals surface area contributed by atoms with Gasteiger partial charge in [0.25, 0.3) is 0 Å². The summed E-state index contributed by atoms with van der Waals surface area (Å²) >= 11 is 3.80. The van der Waals surface area contributed by atoms with Gasteiger partial charge in [0, 0.05) is 26.1 Å². The Kier molecular flexibility index (Phi) is 11.1. The minimum atomic E-state index is -0.290. The topological polar surface area (TPSA) is 80.1 Å². The minimum Gasteiger partial charge on any atom is -0.474 e. The molecule has 0 aromatic carbocycles. The Hall–Kier alpha value is -0.670. The summed E-state index contributed by atoms with van der Waals surface area (Å²) in [7, 11) is 1.18. The van der Waals surface area contributed by atoms with Gasteiger partial charge in [-0.3, -0.25) is 4.18 Å². The van der Waals surface area contributed by atoms with Crippen LogP contribution in [0.15, 0.2) is 6.33 Å². The predicted molar refractivity (Wildman–Crippen MR) is 137 cm³/mol. The molecule has 0 amide bonds. The highest BCUT2D eigenvalue weighted by Crippen LogP contribution is 2.40. The Bertz CT molecular complexity index is 840. The molecule has 3 heterocycles. The molecule has 0 bridgehead atoms. The zero-order valence-electron chi connectivity index (χ0n) is 18.1. The third-order valence-corrected chi connectivity index (χ3v) is 7.80. The van der Waals surface area contributed by atoms with Crippen LogP contribution >= 0.6 is 41.8 Å². The predicted octanol–water partition coefficient (Wildman–Crippen LogP) is 6.17. The molecule has 1 saturated heterocycles. The van der Waals surface area contributed by atoms with E-state index in [-0.39, 0.29) is 6.10 Å². The molecule has 170 valence electrons. The average Bonchev–Trinajstić information content (AvgIpc) is 3.55. The Labute approximate surface area is 205 Å². The fraction of sp³-hybridized carbons (Fsp3) is 0.682. The van der Waals surface area contributed by atoms with Crippen LogP contribution in [-0.4, -0.2) is 35.3 Å². The first-order chi connectivity index (χ1) is 15.2. The van der Waals surface area contributed by atoms with Crippen molar-refractivity contribution in [1.29, 1.82) is 5.26 Å². The van der Waals surface area contributed by atoms with Crippen molar-refractivity contribution in [3.8, 4) is 11.9 Å². The van der Waals surface area contributed by atoms with E-state index in [0.29, 0.717) is 6.10 Å². The summed E-state index contributed by atoms with van der Waals surface area (Å²) < 4.78 is 10.9. The SMILES string of the molecule is C1CCNC1.CC(C#N)OSI.c1nc(OC2CCCCC2)c2c3c(sc2n1)CCC3. The molecule has 3 aliphatic rings. The number of nitrogens with zero attached hydrogens (tertiary/aromatic N) is 3. The number of fused-ring (bicyclic) bond motifs is 3. The summed E-state index contributed by atoms with van der Waals surface area (Å²) in [6, 6.07) is 1.92. The van der Waals surface area contributed by atoms with Gasteiger partial charge >= 0.3 is 0 Å². The van der Waals surface area contributed by atoms with E-state index in [1.54, 1.807) is 13.3 Å². The molecule has 0 spiro atoms. The van der Waals surface area contributed by atoms with Crippen molar-refractivity contribution >= 4 is 52.0 Å². The summed E-state index contributed by atoms with van der Waals surface area (Å²) in [5.41, 5.74) is 1.46. The smallest absolute Gasteiger partial charge is 0.225 e. The fourth-order valence-electron chi connectivity index (χ4n) is 4.03. The van der Waals surface area contributed by atoms with E-state index in [4.69, 9.17) is 14.2 Å². The number of hydrogen-bond donors (Lipinski definition) is 1. The van der Waals surface area contributed by atoms with E-state index < -0.39 is 0 Å². The van der Waals surface area contributed by atoms with Gasteiger partial charge in [0.1, 0.15) is 17.3 Å². The standard InChI is InChI=1S/C15H18N2OS.C4H9N.C3H4INOS/c1-2-5-10(6-3-1)18-14-13-11-7-4-8-12(11)19-15(13)17-9-16-14;1-2-4-5-3-1;1-3(2-5)6-7-4/h9-10H,1-8H2;5H,1-4H2;3H,1H3. The highest BCUT2D eigenvalue weighted by molar-refractivity contribution is 14.2. The molecular weight excluding hydrogens is 543 g/mol. The van der Waals surface area contributed by atoms with Gasteiger partial charge < -0.3 is 10.1 Å². The molecule has 2 aliphatic carbocycles. The van der Waals surface area contributed by atoms with Crippen molar-refractivity contribution in [1.82, 2.24) is 15.3 Å². The lowest BCUT2D eigenvalue weighted by atomic mass is 9.98. The Morgan fingerprint density at radius 3 is 2.55 bits per heavy atom. The lowest BCUT2D eigenvalue weighted by Crippen LogP contribution is -2.20. The van der Waals surface area contributed by atoms with Gasteiger partial charge in [-0.05, 0) is 83.4 Å². The first kappa shape index (κ1) is 25.0. The van der Waals surface area contributed by atoms with E-state index in [1.165, 1.54) is 102 Å². The molecule has 0 radical (unpaired) electrons. The molecule has 1 unspecified atom stereocenters. The van der Waals surface area contributed by atoms with E-state index >= 15 is 0 Å². The quantitative estimate of drug-likeness (QED) is 0.345. The van der Waals surface area contributed by atoms with Crippen molar-refractivity contribution in [2.45, 2.75) is 83.3 Å². The van der Waals surface area contributed by atoms with Gasteiger partial charge in [-0.2, -0.15) is 5.26 Å². The van der Waals surface area contributed by atoms with Gasteiger partial charge in [-0.1, -0.05) is 6.42 Å². The van der Waals surface area contributed by atoms with Crippen LogP contribution in [0.5, 0.6) is 5.88 Å². The largest absolute Gasteiger partial charge is 0.474 e. The lowest BCUT2D eigenvalue weighted by Gasteiger charge is -2.22. The second kappa shape index (κ2) is 13.8. The number of aromatic nitrogens is 2. The van der Waals surface area contributed by atoms with Crippen LogP contribution in [-0.2, 0) is 17.0 Å². The molecule has 1 N–H and O–H groups in total. The number of aryl methyl sites for hydroxylation is 2. The molecule has 1 saturated carbocycles. The van der Waals surface area contributed by atoms with E-state index in [9.17, 15) is 0 Å². The van der Waals surface area contributed by atoms with Crippen molar-refractivity contribution in [2.24, 2.45) is 0 Å². The maximum absolute atomic E-state index is 8.07. The number of halogens is 1. The van der Waals surface area contributed by atoms with E-state index in [0.717, 1.165) is 10.7 Å². The Balaban J connectivity index is 0.000000188. The second-order valence-electron chi connectivity index (χ2n) is 7.98. The molecule has 5 rings (SSSR count). The summed E-state index contributed by atoms with van der Waals surface area (Å²) in [5, 5.41) is 12.5. The number of hydrogen-bond acceptors (Lipinski definition) is 8. The van der Waals surface area contributed by atoms with Gasteiger partial charge in [-0.25, -0.2) is 9.97 Å². The lowest BCUT2D eigenvalue weighted by molar-refractivity contribution is 0.151. The van der Waals surface area contributed by atoms with Crippen LogP contribution in [0.4, 0.5) is 0 Å². The molecule has 2 fully saturated rings. The van der Waals surface area contributed by atoms with Crippen LogP contribution < -0.4 is 10.1 Å². The third-order valence-electron chi connectivity index (χ3n) is 5.62. The number of ether oxygens (including phenoxy) is 1. The zero-order valence-corrected chi connectivity index (χ0v) is 21.9. The monoisotopic (exact) mass is 574 g/mol. The normalized spacial score (nSPS) is 18.9. The van der Waals surface area contributed by atoms with Crippen molar-refractivity contribution in [2.75, 3.05) is 13.1 Å². The summed E-state index contributed by atoms with van der Waals surface area (Å²) in [6.07, 6.45) is 14.5. The van der Waals surface area contributed by atoms with E-state index in [1.807, 2.05) is 38.6 Å². The van der Waals surface area contributed by atoms with Crippen LogP contribution in [0, 0.1) is 11.3 Å². The number of thiophene rings is 1. The summed E-state index contributed by atoms with van der Waals surface area (Å²) in [4.78, 5) is 11.5. The highest BCUT2D eigenvalue weighted by Gasteiger charge is 2.24. The average molecular weight is 575 g/mol. The summed E-state index contributed by atoms with van der Waals surface area (Å²) in [6.45, 7) is 4.20. The fourth-order valence-corrected chi connectivity index (χ4v) is 6.34. The Morgan fingerprint density at radius 1 is 1.16 bits per heavy atom. The number of nitrogens with one attached hydrogen (secondary N) is 1. The number of rotatable bonds is 4. The molecule has 9 heteroatoms. The van der Waals surface area contributed by atoms with Crippen molar-refractivity contribution in [3.05, 3.63) is 16.8 Å². The second-order valence-corrected chi connectivity index (χ2v) is 10.5. The molecular formula is C22H31IN4O2S2. The summed E-state index contributed by atoms with van der Waals surface area (Å²) in [5.74, 6) is 0.844. The molecule has 31 heavy (non-hydrogen) atoms. The molecule has 1 aliphatic heterocycles. The maximum Gasteiger partial charge on any atom is 0.225 e. The van der Waals surface area contributed by atoms with Gasteiger partial charge in [-0.15, -0.1) is 11.3 Å². The van der Waals surface area contributed by atoms with Gasteiger partial charge in [0.2, 0.25) is 5.88 Å². The van der Waals surface area contributed by atoms with Crippen LogP contribution in [0.1, 0.15) is 68.7 Å². The third kappa shape index (κ3) is 7.70. The highest BCUT2D eigenvalue weighted by atomic mass is 127. The molecule has 1 atom stereocenters. The van der Waals surface area contributed by atoms with Crippen LogP contribution in [0.25, 0.3) is 10.2 Å². The van der Waals surface area contributed by atoms with E-state index in [2.05, 4.69) is 15.3 Å². The van der Waals surface area contributed by atoms with Gasteiger partial charge in [0.15, 0.2) is 6.10 Å². The van der Waals surface area contributed by atoms with Crippen molar-refractivity contribution < 1.29 is 8.92 Å². The van der Waals surface area contributed by atoms with Crippen molar-refractivity contribution in [3.63, 3.8) is 0 Å². The first-order valence-electron chi connectivity index (χ1n) is 11.2. The first-order valence-corrected chi connectivity index (χ1v) is 15.3. The Morgan fingerprint density at radius 2 is 1.94 bits per heavy atom. The minimum absolute atomic E-state index is 0.290. The molecule has 2 aromatic rings. The van der Waals surface area contributed by atoms with Crippen LogP contribution in [0.2, 0.25) is 0 Å². The maximum atomic E-state index is 8.07.